The maximum atomic E-state index is 13.1. The van der Waals surface area contributed by atoms with E-state index in [0.717, 1.165) is 0 Å². The molecule has 1 aromatic heterocycles. The van der Waals surface area contributed by atoms with Gasteiger partial charge in [-0.05, 0) is 5.56 Å². The number of pyridine rings is 1. The molecular weight excluding hydrogens is 298 g/mol. The van der Waals surface area contributed by atoms with Crippen molar-refractivity contribution in [1.82, 2.24) is 4.98 Å². The molecule has 0 aliphatic carbocycles. The molecule has 0 radical (unpaired) electrons. The summed E-state index contributed by atoms with van der Waals surface area (Å²) in [4.78, 5) is 3.25. The van der Waals surface area contributed by atoms with E-state index in [1.165, 1.54) is 30.3 Å². The Morgan fingerprint density at radius 3 is 1.90 bits per heavy atom. The van der Waals surface area contributed by atoms with Crippen molar-refractivity contribution in [1.29, 1.82) is 0 Å². The first-order valence-electron chi connectivity index (χ1n) is 5.60. The molecule has 0 saturated heterocycles. The lowest BCUT2D eigenvalue weighted by atomic mass is 9.96. The van der Waals surface area contributed by atoms with Crippen LogP contribution in [0.3, 0.4) is 0 Å². The Balaban J connectivity index is 2.87. The van der Waals surface area contributed by atoms with Crippen molar-refractivity contribution in [2.45, 2.75) is 12.4 Å². The molecule has 2 aromatic rings. The Morgan fingerprint density at radius 2 is 1.43 bits per heavy atom. The number of aromatic nitrogens is 1. The predicted molar refractivity (Wildman–Crippen MR) is 64.1 cm³/mol. The number of rotatable bonds is 1. The highest BCUT2D eigenvalue weighted by Crippen LogP contribution is 2.46. The minimum absolute atomic E-state index is 0.0825. The Bertz CT molecular complexity index is 646. The molecule has 0 spiro atoms. The standard InChI is InChI=1S/C13H8F6N2/c14-12(15,16)8-6-21-11(20)9(10(8)13(17,18)19)7-4-2-1-3-5-7/h1-6H,(H2,20,21). The minimum atomic E-state index is -5.22. The maximum Gasteiger partial charge on any atom is 0.418 e. The number of anilines is 1. The van der Waals surface area contributed by atoms with Crippen LogP contribution in [-0.2, 0) is 12.4 Å². The van der Waals surface area contributed by atoms with Gasteiger partial charge < -0.3 is 5.73 Å². The van der Waals surface area contributed by atoms with Crippen LogP contribution in [0.5, 0.6) is 0 Å². The number of hydrogen-bond acceptors (Lipinski definition) is 2. The minimum Gasteiger partial charge on any atom is -0.383 e. The van der Waals surface area contributed by atoms with Gasteiger partial charge in [-0.2, -0.15) is 26.3 Å². The molecule has 1 heterocycles. The predicted octanol–water partition coefficient (Wildman–Crippen LogP) is 4.37. The zero-order chi connectivity index (χ0) is 15.8. The van der Waals surface area contributed by atoms with Crippen molar-refractivity contribution in [3.8, 4) is 11.1 Å². The molecule has 2 N–H and O–H groups in total. The zero-order valence-corrected chi connectivity index (χ0v) is 10.3. The number of hydrogen-bond donors (Lipinski definition) is 1. The van der Waals surface area contributed by atoms with Crippen LogP contribution in [0, 0.1) is 0 Å². The smallest absolute Gasteiger partial charge is 0.383 e. The van der Waals surface area contributed by atoms with Crippen molar-refractivity contribution in [2.75, 3.05) is 5.73 Å². The first kappa shape index (κ1) is 15.1. The Labute approximate surface area is 115 Å². The van der Waals surface area contributed by atoms with E-state index in [2.05, 4.69) is 4.98 Å². The van der Waals surface area contributed by atoms with Gasteiger partial charge in [-0.15, -0.1) is 0 Å². The molecule has 0 aliphatic rings. The van der Waals surface area contributed by atoms with Gasteiger partial charge in [0.1, 0.15) is 5.82 Å². The summed E-state index contributed by atoms with van der Waals surface area (Å²) in [5, 5.41) is 0. The molecular formula is C13H8F6N2. The summed E-state index contributed by atoms with van der Waals surface area (Å²) >= 11 is 0. The van der Waals surface area contributed by atoms with E-state index in [9.17, 15) is 26.3 Å². The van der Waals surface area contributed by atoms with Crippen molar-refractivity contribution >= 4 is 5.82 Å². The molecule has 0 aliphatic heterocycles. The van der Waals surface area contributed by atoms with Crippen molar-refractivity contribution < 1.29 is 26.3 Å². The number of nitrogen functional groups attached to an aromatic ring is 1. The monoisotopic (exact) mass is 306 g/mol. The van der Waals surface area contributed by atoms with E-state index >= 15 is 0 Å². The summed E-state index contributed by atoms with van der Waals surface area (Å²) in [5.74, 6) is -0.610. The van der Waals surface area contributed by atoms with Crippen molar-refractivity contribution in [3.05, 3.63) is 47.7 Å². The van der Waals surface area contributed by atoms with E-state index < -0.39 is 34.9 Å². The highest BCUT2D eigenvalue weighted by Gasteiger charge is 2.46. The van der Waals surface area contributed by atoms with E-state index in [0.29, 0.717) is 0 Å². The van der Waals surface area contributed by atoms with Gasteiger partial charge in [-0.3, -0.25) is 0 Å². The van der Waals surface area contributed by atoms with E-state index in [4.69, 9.17) is 5.73 Å². The van der Waals surface area contributed by atoms with Crippen LogP contribution in [0.4, 0.5) is 32.2 Å². The van der Waals surface area contributed by atoms with Gasteiger partial charge in [0.25, 0.3) is 0 Å². The number of benzene rings is 1. The van der Waals surface area contributed by atoms with E-state index in [1.54, 1.807) is 0 Å². The Morgan fingerprint density at radius 1 is 0.857 bits per heavy atom. The lowest BCUT2D eigenvalue weighted by Crippen LogP contribution is -2.19. The normalized spacial score (nSPS) is 12.5. The number of nitrogens with zero attached hydrogens (tertiary/aromatic N) is 1. The third kappa shape index (κ3) is 2.93. The van der Waals surface area contributed by atoms with Gasteiger partial charge in [-0.25, -0.2) is 4.98 Å². The van der Waals surface area contributed by atoms with Gasteiger partial charge in [-0.1, -0.05) is 30.3 Å². The summed E-state index contributed by atoms with van der Waals surface area (Å²) in [6, 6.07) is 6.80. The summed E-state index contributed by atoms with van der Waals surface area (Å²) in [5.41, 5.74) is 0.852. The number of nitrogens with two attached hydrogens (primary N) is 1. The molecule has 0 bridgehead atoms. The summed E-state index contributed by atoms with van der Waals surface area (Å²) in [6.45, 7) is 0. The molecule has 21 heavy (non-hydrogen) atoms. The quantitative estimate of drug-likeness (QED) is 0.795. The Hall–Kier alpha value is -2.25. The van der Waals surface area contributed by atoms with E-state index in [-0.39, 0.29) is 11.8 Å². The topological polar surface area (TPSA) is 38.9 Å². The summed E-state index contributed by atoms with van der Waals surface area (Å²) in [6.07, 6.45) is -10.3. The van der Waals surface area contributed by atoms with Crippen LogP contribution in [0.2, 0.25) is 0 Å². The molecule has 1 aromatic carbocycles. The summed E-state index contributed by atoms with van der Waals surface area (Å²) < 4.78 is 77.8. The van der Waals surface area contributed by atoms with Crippen LogP contribution in [0.15, 0.2) is 36.5 Å². The molecule has 2 nitrogen and oxygen atoms in total. The second-order valence-electron chi connectivity index (χ2n) is 4.17. The fraction of sp³-hybridized carbons (Fsp3) is 0.154. The van der Waals surface area contributed by atoms with Gasteiger partial charge >= 0.3 is 12.4 Å². The van der Waals surface area contributed by atoms with Crippen LogP contribution < -0.4 is 5.73 Å². The second-order valence-corrected chi connectivity index (χ2v) is 4.17. The molecule has 0 unspecified atom stereocenters. The highest BCUT2D eigenvalue weighted by molar-refractivity contribution is 5.78. The molecule has 0 saturated carbocycles. The number of halogens is 6. The molecule has 0 fully saturated rings. The molecule has 0 atom stereocenters. The van der Waals surface area contributed by atoms with Gasteiger partial charge in [0.15, 0.2) is 0 Å². The van der Waals surface area contributed by atoms with Crippen LogP contribution in [-0.4, -0.2) is 4.98 Å². The second kappa shape index (κ2) is 4.94. The molecule has 2 rings (SSSR count). The number of alkyl halides is 6. The fourth-order valence-electron chi connectivity index (χ4n) is 1.93. The molecule has 8 heteroatoms. The largest absolute Gasteiger partial charge is 0.418 e. The summed E-state index contributed by atoms with van der Waals surface area (Å²) in [7, 11) is 0. The lowest BCUT2D eigenvalue weighted by molar-refractivity contribution is -0.161. The average molecular weight is 306 g/mol. The lowest BCUT2D eigenvalue weighted by Gasteiger charge is -2.20. The molecule has 0 amide bonds. The molecule has 112 valence electrons. The first-order chi connectivity index (χ1) is 9.62. The van der Waals surface area contributed by atoms with Gasteiger partial charge in [0.05, 0.1) is 11.1 Å². The first-order valence-corrected chi connectivity index (χ1v) is 5.60. The average Bonchev–Trinajstić information content (AvgIpc) is 2.36. The fourth-order valence-corrected chi connectivity index (χ4v) is 1.93. The van der Waals surface area contributed by atoms with Crippen molar-refractivity contribution in [3.63, 3.8) is 0 Å². The highest BCUT2D eigenvalue weighted by atomic mass is 19.4. The van der Waals surface area contributed by atoms with Gasteiger partial charge in [0, 0.05) is 11.8 Å². The van der Waals surface area contributed by atoms with Crippen molar-refractivity contribution in [2.24, 2.45) is 0 Å². The van der Waals surface area contributed by atoms with Gasteiger partial charge in [0.2, 0.25) is 0 Å². The maximum absolute atomic E-state index is 13.1. The van der Waals surface area contributed by atoms with E-state index in [1.807, 2.05) is 0 Å². The third-order valence-electron chi connectivity index (χ3n) is 2.76. The zero-order valence-electron chi connectivity index (χ0n) is 10.3. The van der Waals surface area contributed by atoms with Crippen LogP contribution in [0.25, 0.3) is 11.1 Å². The Kier molecular flexibility index (Phi) is 3.56. The third-order valence-corrected chi connectivity index (χ3v) is 2.76. The SMILES string of the molecule is Nc1ncc(C(F)(F)F)c(C(F)(F)F)c1-c1ccccc1. The van der Waals surface area contributed by atoms with Crippen LogP contribution >= 0.6 is 0 Å². The van der Waals surface area contributed by atoms with Crippen LogP contribution in [0.1, 0.15) is 11.1 Å².